The van der Waals surface area contributed by atoms with Crippen molar-refractivity contribution in [1.29, 1.82) is 0 Å². The van der Waals surface area contributed by atoms with Gasteiger partial charge < -0.3 is 23.9 Å². The number of furan rings is 1. The molecule has 17 heteroatoms. The summed E-state index contributed by atoms with van der Waals surface area (Å²) in [5, 5.41) is 3.31. The molecular formula is C33H37ClN4O10S2. The molecule has 1 N–H and O–H groups in total. The molecule has 0 aliphatic carbocycles. The van der Waals surface area contributed by atoms with E-state index in [1.165, 1.54) is 11.0 Å². The van der Waals surface area contributed by atoms with Gasteiger partial charge in [0.15, 0.2) is 0 Å². The first-order valence-electron chi connectivity index (χ1n) is 15.3. The van der Waals surface area contributed by atoms with Crippen molar-refractivity contribution in [2.75, 3.05) is 49.0 Å². The fourth-order valence-electron chi connectivity index (χ4n) is 5.29. The minimum Gasteiger partial charge on any atom is -0.465 e. The maximum absolute atomic E-state index is 14.3. The molecule has 1 fully saturated rings. The van der Waals surface area contributed by atoms with Gasteiger partial charge in [0, 0.05) is 21.7 Å². The highest BCUT2D eigenvalue weighted by Gasteiger charge is 2.46. The van der Waals surface area contributed by atoms with Crippen LogP contribution < -0.4 is 15.1 Å². The lowest BCUT2D eigenvalue weighted by molar-refractivity contribution is -0.142. The zero-order valence-electron chi connectivity index (χ0n) is 29.0. The molecule has 1 aromatic heterocycles. The Hall–Kier alpha value is -4.41. The molecule has 0 spiro atoms. The smallest absolute Gasteiger partial charge is 0.344 e. The quantitative estimate of drug-likeness (QED) is 0.157. The first kappa shape index (κ1) is 38.4. The molecule has 3 amide bonds. The molecule has 3 heterocycles. The molecule has 2 aliphatic heterocycles. The van der Waals surface area contributed by atoms with Crippen LogP contribution in [0.4, 0.5) is 17.5 Å². The lowest BCUT2D eigenvalue weighted by Crippen LogP contribution is -2.51. The number of benzene rings is 1. The largest absolute Gasteiger partial charge is 0.465 e. The summed E-state index contributed by atoms with van der Waals surface area (Å²) in [6.45, 7) is 11.1. The normalized spacial score (nSPS) is 16.1. The second kappa shape index (κ2) is 14.4. The Bertz CT molecular complexity index is 1840. The summed E-state index contributed by atoms with van der Waals surface area (Å²) >= 11 is 12.6. The van der Waals surface area contributed by atoms with Gasteiger partial charge in [0.05, 0.1) is 37.0 Å². The van der Waals surface area contributed by atoms with Crippen molar-refractivity contribution < 1.29 is 47.4 Å². The molecule has 2 aromatic rings. The summed E-state index contributed by atoms with van der Waals surface area (Å²) in [4.78, 5) is 83.9. The van der Waals surface area contributed by atoms with Gasteiger partial charge in [-0.3, -0.25) is 33.9 Å². The van der Waals surface area contributed by atoms with E-state index in [2.05, 4.69) is 5.32 Å². The maximum Gasteiger partial charge on any atom is 0.344 e. The van der Waals surface area contributed by atoms with Crippen LogP contribution in [0.5, 0.6) is 0 Å². The molecule has 50 heavy (non-hydrogen) atoms. The molecular weight excluding hydrogens is 712 g/mol. The van der Waals surface area contributed by atoms with E-state index in [0.29, 0.717) is 11.3 Å². The summed E-state index contributed by atoms with van der Waals surface area (Å²) in [6, 6.07) is 4.60. The number of nitrogens with zero attached hydrogens (tertiary/aromatic N) is 3. The van der Waals surface area contributed by atoms with Crippen molar-refractivity contribution in [3.8, 4) is 0 Å². The molecule has 0 atom stereocenters. The number of ether oxygens (including phenoxy) is 3. The summed E-state index contributed by atoms with van der Waals surface area (Å²) < 4.78 is 21.0. The highest BCUT2D eigenvalue weighted by Crippen LogP contribution is 2.46. The molecule has 1 saturated heterocycles. The third-order valence-electron chi connectivity index (χ3n) is 7.22. The van der Waals surface area contributed by atoms with Gasteiger partial charge in [0.2, 0.25) is 17.7 Å². The minimum absolute atomic E-state index is 0.0297. The Morgan fingerprint density at radius 2 is 1.58 bits per heavy atom. The summed E-state index contributed by atoms with van der Waals surface area (Å²) in [5.74, 6) is -5.15. The van der Waals surface area contributed by atoms with Gasteiger partial charge in [-0.25, -0.2) is 9.59 Å². The number of rotatable bonds is 9. The third kappa shape index (κ3) is 7.51. The summed E-state index contributed by atoms with van der Waals surface area (Å²) in [6.07, 6.45) is 0. The predicted octanol–water partition coefficient (Wildman–Crippen LogP) is 5.03. The van der Waals surface area contributed by atoms with Crippen LogP contribution >= 0.6 is 35.6 Å². The van der Waals surface area contributed by atoms with Crippen LogP contribution in [0, 0.1) is 0 Å². The van der Waals surface area contributed by atoms with Crippen LogP contribution in [0.15, 0.2) is 27.5 Å². The Kier molecular flexibility index (Phi) is 11.1. The van der Waals surface area contributed by atoms with Gasteiger partial charge in [-0.05, 0) is 66.7 Å². The molecule has 4 rings (SSSR count). The van der Waals surface area contributed by atoms with Crippen LogP contribution in [-0.2, 0) is 33.4 Å². The van der Waals surface area contributed by atoms with Crippen LogP contribution in [0.3, 0.4) is 0 Å². The lowest BCUT2D eigenvalue weighted by Gasteiger charge is -2.35. The number of methoxy groups -OCH3 is 2. The van der Waals surface area contributed by atoms with Crippen molar-refractivity contribution >= 4 is 98.6 Å². The molecule has 268 valence electrons. The van der Waals surface area contributed by atoms with E-state index < -0.39 is 59.8 Å². The number of thiocarbonyl (C=S) groups is 1. The zero-order valence-corrected chi connectivity index (χ0v) is 31.4. The molecule has 0 saturated carbocycles. The fourth-order valence-corrected chi connectivity index (χ4v) is 6.79. The number of carbonyl (C=O) groups excluding carboxylic acids is 6. The van der Waals surface area contributed by atoms with Crippen LogP contribution in [0.1, 0.15) is 74.7 Å². The average molecular weight is 749 g/mol. The lowest BCUT2D eigenvalue weighted by atomic mass is 10.0. The standard InChI is InChI=1S/C33H37ClN4O10S2/c1-10-47-20(40)15-36-18-12-11-16(34)13-17(18)21(26(36)41)24-27(42)37(31(49)50-24)14-19(39)38(33(5,6)7)28-23(30(44)46-9)22(29(43)45-8)25(48-28)35-32(2,3)4/h11-13,35H,10,14-15H2,1-9H3/b24-21-. The highest BCUT2D eigenvalue weighted by atomic mass is 35.5. The Morgan fingerprint density at radius 1 is 0.960 bits per heavy atom. The number of hydrogen-bond donors (Lipinski definition) is 1. The number of anilines is 3. The number of esters is 3. The van der Waals surface area contributed by atoms with E-state index in [9.17, 15) is 28.8 Å². The number of fused-ring (bicyclic) bond motifs is 1. The Labute approximate surface area is 303 Å². The average Bonchev–Trinajstić information content (AvgIpc) is 3.59. The summed E-state index contributed by atoms with van der Waals surface area (Å²) in [7, 11) is 2.24. The number of carbonyl (C=O) groups is 6. The number of amides is 3. The van der Waals surface area contributed by atoms with Crippen LogP contribution in [0.2, 0.25) is 5.02 Å². The van der Waals surface area contributed by atoms with E-state index in [0.717, 1.165) is 35.8 Å². The minimum atomic E-state index is -1.10. The van der Waals surface area contributed by atoms with E-state index in [1.54, 1.807) is 60.6 Å². The van der Waals surface area contributed by atoms with Crippen molar-refractivity contribution in [3.63, 3.8) is 0 Å². The van der Waals surface area contributed by atoms with E-state index in [-0.39, 0.29) is 49.3 Å². The van der Waals surface area contributed by atoms with Gasteiger partial charge in [-0.2, -0.15) is 0 Å². The summed E-state index contributed by atoms with van der Waals surface area (Å²) in [5.41, 5.74) is -1.80. The van der Waals surface area contributed by atoms with Gasteiger partial charge in [0.25, 0.3) is 11.8 Å². The second-order valence-corrected chi connectivity index (χ2v) is 15.1. The van der Waals surface area contributed by atoms with Crippen molar-refractivity contribution in [3.05, 3.63) is 44.8 Å². The first-order chi connectivity index (χ1) is 23.2. The number of nitrogens with one attached hydrogen (secondary N) is 1. The number of thioether (sulfide) groups is 1. The Balaban J connectivity index is 1.79. The van der Waals surface area contributed by atoms with E-state index in [4.69, 9.17) is 42.4 Å². The molecule has 0 radical (unpaired) electrons. The van der Waals surface area contributed by atoms with Crippen molar-refractivity contribution in [2.45, 2.75) is 59.5 Å². The van der Waals surface area contributed by atoms with Gasteiger partial charge in [0.1, 0.15) is 28.5 Å². The maximum atomic E-state index is 14.3. The van der Waals surface area contributed by atoms with Gasteiger partial charge >= 0.3 is 17.9 Å². The van der Waals surface area contributed by atoms with Gasteiger partial charge in [-0.15, -0.1) is 0 Å². The second-order valence-electron chi connectivity index (χ2n) is 13.1. The van der Waals surface area contributed by atoms with E-state index in [1.807, 2.05) is 0 Å². The highest BCUT2D eigenvalue weighted by molar-refractivity contribution is 8.26. The molecule has 14 nitrogen and oxygen atoms in total. The van der Waals surface area contributed by atoms with Crippen molar-refractivity contribution in [1.82, 2.24) is 4.90 Å². The number of halogens is 1. The van der Waals surface area contributed by atoms with E-state index >= 15 is 0 Å². The van der Waals surface area contributed by atoms with Crippen molar-refractivity contribution in [2.24, 2.45) is 0 Å². The van der Waals surface area contributed by atoms with Gasteiger partial charge in [-0.1, -0.05) is 35.6 Å². The molecule has 0 bridgehead atoms. The van der Waals surface area contributed by atoms with Crippen LogP contribution in [-0.4, -0.2) is 89.8 Å². The third-order valence-corrected chi connectivity index (χ3v) is 8.90. The predicted molar refractivity (Wildman–Crippen MR) is 191 cm³/mol. The molecule has 2 aliphatic rings. The fraction of sp³-hybridized carbons (Fsp3) is 0.424. The molecule has 0 unspecified atom stereocenters. The monoisotopic (exact) mass is 748 g/mol. The molecule has 1 aromatic carbocycles. The first-order valence-corrected chi connectivity index (χ1v) is 16.9. The zero-order chi connectivity index (χ0) is 37.5. The Morgan fingerprint density at radius 3 is 2.14 bits per heavy atom. The topological polar surface area (TPSA) is 165 Å². The SMILES string of the molecule is CCOC(=O)CN1C(=O)/C(=C2\SC(=S)N(CC(=O)N(c3oc(NC(C)(C)C)c(C(=O)OC)c3C(=O)OC)C(C)(C)C)C2=O)c2cc(Cl)ccc21. The number of hydrogen-bond acceptors (Lipinski definition) is 13. The van der Waals surface area contributed by atoms with Crippen LogP contribution in [0.25, 0.3) is 5.57 Å².